The first-order valence-electron chi connectivity index (χ1n) is 7.34. The lowest BCUT2D eigenvalue weighted by atomic mass is 9.81. The second-order valence-corrected chi connectivity index (χ2v) is 5.56. The largest absolute Gasteiger partial charge is 0.354 e. The molecular formula is C15H22N4O. The van der Waals surface area contributed by atoms with Crippen molar-refractivity contribution in [1.29, 1.82) is 5.26 Å². The maximum Gasteiger partial charge on any atom is 0.240 e. The maximum absolute atomic E-state index is 12.4. The van der Waals surface area contributed by atoms with Gasteiger partial charge >= 0.3 is 0 Å². The Bertz CT molecular complexity index is 492. The van der Waals surface area contributed by atoms with E-state index in [1.54, 1.807) is 10.9 Å². The first-order valence-corrected chi connectivity index (χ1v) is 7.34. The molecule has 108 valence electrons. The molecule has 0 bridgehead atoms. The van der Waals surface area contributed by atoms with Crippen LogP contribution in [0.25, 0.3) is 0 Å². The summed E-state index contributed by atoms with van der Waals surface area (Å²) in [5.41, 5.74) is 0.278. The number of nitriles is 1. The highest BCUT2D eigenvalue weighted by Gasteiger charge is 2.38. The zero-order chi connectivity index (χ0) is 14.4. The molecule has 1 aliphatic rings. The van der Waals surface area contributed by atoms with Gasteiger partial charge in [-0.25, -0.2) is 0 Å². The van der Waals surface area contributed by atoms with Gasteiger partial charge in [0.2, 0.25) is 5.91 Å². The van der Waals surface area contributed by atoms with E-state index in [-0.39, 0.29) is 5.91 Å². The van der Waals surface area contributed by atoms with Crippen LogP contribution < -0.4 is 5.32 Å². The first-order chi connectivity index (χ1) is 9.68. The van der Waals surface area contributed by atoms with Gasteiger partial charge in [-0.15, -0.1) is 0 Å². The van der Waals surface area contributed by atoms with Crippen molar-refractivity contribution in [3.8, 4) is 6.07 Å². The van der Waals surface area contributed by atoms with Gasteiger partial charge in [0.05, 0.1) is 6.07 Å². The van der Waals surface area contributed by atoms with E-state index in [9.17, 15) is 10.1 Å². The molecule has 0 atom stereocenters. The summed E-state index contributed by atoms with van der Waals surface area (Å²) in [4.78, 5) is 12.4. The molecule has 1 aliphatic carbocycles. The fourth-order valence-corrected chi connectivity index (χ4v) is 2.84. The summed E-state index contributed by atoms with van der Waals surface area (Å²) in [7, 11) is 1.89. The summed E-state index contributed by atoms with van der Waals surface area (Å²) in [6.45, 7) is 0.557. The van der Waals surface area contributed by atoms with Crippen molar-refractivity contribution < 1.29 is 4.79 Å². The molecule has 1 fully saturated rings. The summed E-state index contributed by atoms with van der Waals surface area (Å²) in [5, 5.41) is 16.5. The average Bonchev–Trinajstić information content (AvgIpc) is 2.73. The molecule has 1 aromatic rings. The Balaban J connectivity index is 1.89. The molecule has 0 saturated heterocycles. The maximum atomic E-state index is 12.4. The lowest BCUT2D eigenvalue weighted by molar-refractivity contribution is -0.128. The number of hydrogen-bond donors (Lipinski definition) is 1. The molecule has 5 heteroatoms. The third-order valence-electron chi connectivity index (χ3n) is 4.19. The topological polar surface area (TPSA) is 70.7 Å². The minimum atomic E-state index is -0.803. The van der Waals surface area contributed by atoms with Crippen LogP contribution in [0.1, 0.15) is 44.2 Å². The van der Waals surface area contributed by atoms with E-state index >= 15 is 0 Å². The van der Waals surface area contributed by atoms with Crippen LogP contribution in [0.4, 0.5) is 0 Å². The lowest BCUT2D eigenvalue weighted by Crippen LogP contribution is -2.40. The summed E-state index contributed by atoms with van der Waals surface area (Å²) in [6.07, 6.45) is 8.09. The molecule has 5 nitrogen and oxygen atoms in total. The van der Waals surface area contributed by atoms with Crippen LogP contribution in [0.3, 0.4) is 0 Å². The van der Waals surface area contributed by atoms with E-state index in [1.165, 1.54) is 0 Å². The van der Waals surface area contributed by atoms with Crippen LogP contribution in [-0.2, 0) is 18.3 Å². The van der Waals surface area contributed by atoms with Crippen LogP contribution >= 0.6 is 0 Å². The quantitative estimate of drug-likeness (QED) is 0.853. The molecule has 1 heterocycles. The molecule has 1 N–H and O–H groups in total. The summed E-state index contributed by atoms with van der Waals surface area (Å²) in [5.74, 6) is -0.0935. The Morgan fingerprint density at radius 1 is 1.45 bits per heavy atom. The number of nitrogens with zero attached hydrogens (tertiary/aromatic N) is 3. The monoisotopic (exact) mass is 274 g/mol. The zero-order valence-electron chi connectivity index (χ0n) is 12.1. The highest BCUT2D eigenvalue weighted by molar-refractivity contribution is 5.85. The van der Waals surface area contributed by atoms with E-state index in [0.717, 1.165) is 37.8 Å². The van der Waals surface area contributed by atoms with Gasteiger partial charge in [0.1, 0.15) is 5.41 Å². The first kappa shape index (κ1) is 14.6. The second-order valence-electron chi connectivity index (χ2n) is 5.56. The second kappa shape index (κ2) is 6.56. The SMILES string of the molecule is Cn1nccc1CCNC(=O)C1(C#N)CCCCCC1. The molecule has 1 saturated carbocycles. The van der Waals surface area contributed by atoms with Gasteiger partial charge in [-0.2, -0.15) is 10.4 Å². The average molecular weight is 274 g/mol. The van der Waals surface area contributed by atoms with Crippen molar-refractivity contribution in [2.24, 2.45) is 12.5 Å². The Kier molecular flexibility index (Phi) is 4.78. The zero-order valence-corrected chi connectivity index (χ0v) is 12.1. The predicted octanol–water partition coefficient (Wildman–Crippen LogP) is 1.94. The van der Waals surface area contributed by atoms with E-state index in [1.807, 2.05) is 13.1 Å². The normalized spacial score (nSPS) is 18.0. The molecule has 1 amide bonds. The van der Waals surface area contributed by atoms with Gasteiger partial charge in [-0.05, 0) is 18.9 Å². The van der Waals surface area contributed by atoms with Crippen molar-refractivity contribution in [3.63, 3.8) is 0 Å². The summed E-state index contributed by atoms with van der Waals surface area (Å²) < 4.78 is 1.80. The minimum Gasteiger partial charge on any atom is -0.354 e. The van der Waals surface area contributed by atoms with Crippen molar-refractivity contribution >= 4 is 5.91 Å². The van der Waals surface area contributed by atoms with Gasteiger partial charge < -0.3 is 5.32 Å². The molecule has 0 unspecified atom stereocenters. The number of rotatable bonds is 4. The Morgan fingerprint density at radius 2 is 2.15 bits per heavy atom. The van der Waals surface area contributed by atoms with Gasteiger partial charge in [0.15, 0.2) is 0 Å². The van der Waals surface area contributed by atoms with E-state index < -0.39 is 5.41 Å². The smallest absolute Gasteiger partial charge is 0.240 e. The highest BCUT2D eigenvalue weighted by atomic mass is 16.2. The number of hydrogen-bond acceptors (Lipinski definition) is 3. The van der Waals surface area contributed by atoms with Crippen molar-refractivity contribution in [1.82, 2.24) is 15.1 Å². The lowest BCUT2D eigenvalue weighted by Gasteiger charge is -2.23. The Morgan fingerprint density at radius 3 is 2.70 bits per heavy atom. The number of aryl methyl sites for hydroxylation is 1. The van der Waals surface area contributed by atoms with Crippen LogP contribution in [0, 0.1) is 16.7 Å². The molecule has 0 radical (unpaired) electrons. The standard InChI is InChI=1S/C15H22N4O/c1-19-13(7-11-18-19)6-10-17-14(20)15(12-16)8-4-2-3-5-9-15/h7,11H,2-6,8-10H2,1H3,(H,17,20). The van der Waals surface area contributed by atoms with E-state index in [2.05, 4.69) is 16.5 Å². The van der Waals surface area contributed by atoms with Crippen molar-refractivity contribution in [2.75, 3.05) is 6.54 Å². The Hall–Kier alpha value is -1.83. The number of amides is 1. The molecule has 2 rings (SSSR count). The predicted molar refractivity (Wildman–Crippen MR) is 75.7 cm³/mol. The van der Waals surface area contributed by atoms with Crippen molar-refractivity contribution in [3.05, 3.63) is 18.0 Å². The molecule has 1 aromatic heterocycles. The third-order valence-corrected chi connectivity index (χ3v) is 4.19. The number of carbonyl (C=O) groups excluding carboxylic acids is 1. The number of carbonyl (C=O) groups is 1. The van der Waals surface area contributed by atoms with E-state index in [0.29, 0.717) is 19.4 Å². The fraction of sp³-hybridized carbons (Fsp3) is 0.667. The number of aromatic nitrogens is 2. The fourth-order valence-electron chi connectivity index (χ4n) is 2.84. The molecular weight excluding hydrogens is 252 g/mol. The highest BCUT2D eigenvalue weighted by Crippen LogP contribution is 2.34. The van der Waals surface area contributed by atoms with Gasteiger partial charge in [-0.1, -0.05) is 25.7 Å². The van der Waals surface area contributed by atoms with Crippen LogP contribution in [0.15, 0.2) is 12.3 Å². The van der Waals surface area contributed by atoms with E-state index in [4.69, 9.17) is 0 Å². The summed E-state index contributed by atoms with van der Waals surface area (Å²) in [6, 6.07) is 4.22. The molecule has 20 heavy (non-hydrogen) atoms. The Labute approximate surface area is 120 Å². The van der Waals surface area contributed by atoms with Crippen LogP contribution in [0.2, 0.25) is 0 Å². The third kappa shape index (κ3) is 3.19. The van der Waals surface area contributed by atoms with Gasteiger partial charge in [0.25, 0.3) is 0 Å². The molecule has 0 aliphatic heterocycles. The van der Waals surface area contributed by atoms with Gasteiger partial charge in [0, 0.05) is 31.9 Å². The van der Waals surface area contributed by atoms with Gasteiger partial charge in [-0.3, -0.25) is 9.48 Å². The molecule has 0 spiro atoms. The number of nitrogens with one attached hydrogen (secondary N) is 1. The minimum absolute atomic E-state index is 0.0935. The molecule has 0 aromatic carbocycles. The van der Waals surface area contributed by atoms with Crippen LogP contribution in [0.5, 0.6) is 0 Å². The van der Waals surface area contributed by atoms with Crippen LogP contribution in [-0.4, -0.2) is 22.2 Å². The van der Waals surface area contributed by atoms with Crippen molar-refractivity contribution in [2.45, 2.75) is 44.9 Å². The summed E-state index contributed by atoms with van der Waals surface area (Å²) >= 11 is 0.